The number of benzene rings is 2. The normalized spacial score (nSPS) is 11.8. The molecular weight excluding hydrogens is 423 g/mol. The van der Waals surface area contributed by atoms with E-state index in [0.717, 1.165) is 6.07 Å². The first kappa shape index (κ1) is 16.8. The zero-order valence-corrected chi connectivity index (χ0v) is 14.0. The summed E-state index contributed by atoms with van der Waals surface area (Å²) < 4.78 is 28.4. The number of nitriles is 1. The van der Waals surface area contributed by atoms with E-state index in [1.54, 1.807) is 28.7 Å². The summed E-state index contributed by atoms with van der Waals surface area (Å²) in [5, 5.41) is 9.10. The molecule has 1 atom stereocenters. The Balaban J connectivity index is 2.50. The lowest BCUT2D eigenvalue weighted by atomic mass is 9.88. The molecule has 0 aromatic heterocycles. The van der Waals surface area contributed by atoms with Crippen molar-refractivity contribution in [1.29, 1.82) is 5.26 Å². The second kappa shape index (κ2) is 7.16. The number of halogens is 4. The summed E-state index contributed by atoms with van der Waals surface area (Å²) in [5.74, 6) is -3.05. The molecule has 0 spiro atoms. The zero-order valence-electron chi connectivity index (χ0n) is 11.1. The van der Waals surface area contributed by atoms with Crippen molar-refractivity contribution in [2.24, 2.45) is 0 Å². The van der Waals surface area contributed by atoms with Gasteiger partial charge < -0.3 is 0 Å². The Morgan fingerprint density at radius 3 is 2.68 bits per heavy atom. The van der Waals surface area contributed by atoms with Crippen LogP contribution in [0.25, 0.3) is 0 Å². The SMILES string of the molecule is N#CCC(C(=O)c1cccc(I)c1F)c1ccc(Cl)cc1F. The molecule has 0 heterocycles. The maximum absolute atomic E-state index is 14.1. The molecule has 1 unspecified atom stereocenters. The van der Waals surface area contributed by atoms with Crippen molar-refractivity contribution in [1.82, 2.24) is 0 Å². The maximum Gasteiger partial charge on any atom is 0.174 e. The van der Waals surface area contributed by atoms with Gasteiger partial charge in [0.15, 0.2) is 5.78 Å². The maximum atomic E-state index is 14.1. The van der Waals surface area contributed by atoms with Crippen LogP contribution >= 0.6 is 34.2 Å². The van der Waals surface area contributed by atoms with E-state index in [1.807, 2.05) is 6.07 Å². The van der Waals surface area contributed by atoms with E-state index < -0.39 is 23.3 Å². The highest BCUT2D eigenvalue weighted by Gasteiger charge is 2.27. The Labute approximate surface area is 144 Å². The van der Waals surface area contributed by atoms with Crippen LogP contribution in [0.4, 0.5) is 8.78 Å². The number of rotatable bonds is 4. The van der Waals surface area contributed by atoms with E-state index in [4.69, 9.17) is 16.9 Å². The second-order valence-corrected chi connectivity index (χ2v) is 6.14. The summed E-state index contributed by atoms with van der Waals surface area (Å²) >= 11 is 7.46. The fourth-order valence-corrected chi connectivity index (χ4v) is 2.76. The Morgan fingerprint density at radius 2 is 2.05 bits per heavy atom. The molecule has 0 saturated heterocycles. The predicted molar refractivity (Wildman–Crippen MR) is 87.8 cm³/mol. The molecule has 0 fully saturated rings. The predicted octanol–water partition coefficient (Wildman–Crippen LogP) is 5.10. The third-order valence-electron chi connectivity index (χ3n) is 3.17. The summed E-state index contributed by atoms with van der Waals surface area (Å²) in [6, 6.07) is 10.1. The third kappa shape index (κ3) is 3.45. The van der Waals surface area contributed by atoms with Gasteiger partial charge in [-0.05, 0) is 52.4 Å². The van der Waals surface area contributed by atoms with Crippen LogP contribution in [0.3, 0.4) is 0 Å². The van der Waals surface area contributed by atoms with E-state index in [9.17, 15) is 13.6 Å². The lowest BCUT2D eigenvalue weighted by molar-refractivity contribution is 0.0954. The second-order valence-electron chi connectivity index (χ2n) is 4.55. The van der Waals surface area contributed by atoms with Crippen molar-refractivity contribution < 1.29 is 13.6 Å². The first-order valence-electron chi connectivity index (χ1n) is 6.25. The van der Waals surface area contributed by atoms with Crippen molar-refractivity contribution in [3.63, 3.8) is 0 Å². The van der Waals surface area contributed by atoms with Gasteiger partial charge >= 0.3 is 0 Å². The smallest absolute Gasteiger partial charge is 0.174 e. The fourth-order valence-electron chi connectivity index (χ4n) is 2.10. The number of nitrogens with zero attached hydrogens (tertiary/aromatic N) is 1. The highest BCUT2D eigenvalue weighted by Crippen LogP contribution is 2.29. The largest absolute Gasteiger partial charge is 0.293 e. The number of hydrogen-bond donors (Lipinski definition) is 0. The molecule has 0 saturated carbocycles. The molecule has 2 aromatic rings. The van der Waals surface area contributed by atoms with E-state index in [0.29, 0.717) is 0 Å². The highest BCUT2D eigenvalue weighted by atomic mass is 127. The van der Waals surface area contributed by atoms with Crippen LogP contribution < -0.4 is 0 Å². The summed E-state index contributed by atoms with van der Waals surface area (Å²) in [4.78, 5) is 12.6. The molecule has 0 radical (unpaired) electrons. The van der Waals surface area contributed by atoms with Gasteiger partial charge in [0.25, 0.3) is 0 Å². The minimum atomic E-state index is -1.07. The fraction of sp³-hybridized carbons (Fsp3) is 0.125. The Bertz CT molecular complexity index is 773. The number of ketones is 1. The molecule has 2 rings (SSSR count). The lowest BCUT2D eigenvalue weighted by Crippen LogP contribution is -2.16. The van der Waals surface area contributed by atoms with Gasteiger partial charge in [0.05, 0.1) is 17.6 Å². The molecule has 22 heavy (non-hydrogen) atoms. The summed E-state index contributed by atoms with van der Waals surface area (Å²) in [6.45, 7) is 0. The molecule has 112 valence electrons. The van der Waals surface area contributed by atoms with Crippen LogP contribution in [-0.4, -0.2) is 5.78 Å². The lowest BCUT2D eigenvalue weighted by Gasteiger charge is -2.15. The number of carbonyl (C=O) groups excluding carboxylic acids is 1. The van der Waals surface area contributed by atoms with E-state index in [2.05, 4.69) is 0 Å². The van der Waals surface area contributed by atoms with Crippen LogP contribution in [0.15, 0.2) is 36.4 Å². The number of Topliss-reactive ketones (excluding diaryl/α,β-unsaturated/α-hetero) is 1. The van der Waals surface area contributed by atoms with Crippen LogP contribution in [0, 0.1) is 26.5 Å². The molecule has 6 heteroatoms. The highest BCUT2D eigenvalue weighted by molar-refractivity contribution is 14.1. The third-order valence-corrected chi connectivity index (χ3v) is 4.24. The minimum Gasteiger partial charge on any atom is -0.293 e. The molecule has 0 N–H and O–H groups in total. The van der Waals surface area contributed by atoms with Crippen molar-refractivity contribution >= 4 is 40.0 Å². The van der Waals surface area contributed by atoms with Gasteiger partial charge in [-0.25, -0.2) is 8.78 Å². The van der Waals surface area contributed by atoms with Crippen molar-refractivity contribution in [3.05, 3.63) is 67.8 Å². The van der Waals surface area contributed by atoms with E-state index >= 15 is 0 Å². The van der Waals surface area contributed by atoms with E-state index in [1.165, 1.54) is 24.3 Å². The molecular formula is C16H9ClF2INO. The van der Waals surface area contributed by atoms with Gasteiger partial charge in [0, 0.05) is 15.0 Å². The Hall–Kier alpha value is -1.52. The van der Waals surface area contributed by atoms with Crippen molar-refractivity contribution in [2.45, 2.75) is 12.3 Å². The van der Waals surface area contributed by atoms with Gasteiger partial charge in [-0.3, -0.25) is 4.79 Å². The van der Waals surface area contributed by atoms with Gasteiger partial charge in [-0.15, -0.1) is 0 Å². The van der Waals surface area contributed by atoms with Crippen LogP contribution in [0.1, 0.15) is 28.3 Å². The quantitative estimate of drug-likeness (QED) is 0.499. The van der Waals surface area contributed by atoms with Crippen LogP contribution in [0.5, 0.6) is 0 Å². The first-order valence-corrected chi connectivity index (χ1v) is 7.71. The standard InChI is InChI=1S/C16H9ClF2INO/c17-9-4-5-10(13(18)8-9)11(6-7-21)16(22)12-2-1-3-14(20)15(12)19/h1-5,8,11H,6H2. The van der Waals surface area contributed by atoms with Gasteiger partial charge in [0.1, 0.15) is 11.6 Å². The van der Waals surface area contributed by atoms with Gasteiger partial charge in [0.2, 0.25) is 0 Å². The van der Waals surface area contributed by atoms with Gasteiger partial charge in [-0.2, -0.15) is 5.26 Å². The monoisotopic (exact) mass is 431 g/mol. The average Bonchev–Trinajstić information content (AvgIpc) is 2.48. The number of carbonyl (C=O) groups is 1. The number of hydrogen-bond acceptors (Lipinski definition) is 2. The summed E-state index contributed by atoms with van der Waals surface area (Å²) in [5.41, 5.74) is -0.115. The molecule has 2 nitrogen and oxygen atoms in total. The van der Waals surface area contributed by atoms with Crippen LogP contribution in [-0.2, 0) is 0 Å². The molecule has 0 bridgehead atoms. The van der Waals surface area contributed by atoms with E-state index in [-0.39, 0.29) is 26.1 Å². The molecule has 0 aliphatic rings. The first-order chi connectivity index (χ1) is 10.5. The molecule has 2 aromatic carbocycles. The van der Waals surface area contributed by atoms with Crippen molar-refractivity contribution in [3.8, 4) is 6.07 Å². The van der Waals surface area contributed by atoms with Crippen LogP contribution in [0.2, 0.25) is 5.02 Å². The van der Waals surface area contributed by atoms with Gasteiger partial charge in [-0.1, -0.05) is 23.7 Å². The Morgan fingerprint density at radius 1 is 1.32 bits per heavy atom. The summed E-state index contributed by atoms with van der Waals surface area (Å²) in [7, 11) is 0. The Kier molecular flexibility index (Phi) is 5.48. The summed E-state index contributed by atoms with van der Waals surface area (Å²) in [6.07, 6.45) is -0.248. The van der Waals surface area contributed by atoms with Crippen molar-refractivity contribution in [2.75, 3.05) is 0 Å². The molecule has 0 aliphatic heterocycles. The average molecular weight is 432 g/mol. The topological polar surface area (TPSA) is 40.9 Å². The molecule has 0 aliphatic carbocycles. The minimum absolute atomic E-state index is 0.0363. The molecule has 0 amide bonds. The zero-order chi connectivity index (χ0) is 16.3.